The number of aldehydes is 1. The minimum Gasteiger partial charge on any atom is -0.303 e. The summed E-state index contributed by atoms with van der Waals surface area (Å²) in [5.41, 5.74) is 0. The molecule has 5 nitrogen and oxygen atoms in total. The molecule has 1 rings (SSSR count). The topological polar surface area (TPSA) is 72.8 Å². The normalized spacial score (nSPS) is 9.23. The average molecular weight is 177 g/mol. The second-order valence-electron chi connectivity index (χ2n) is 2.16. The van der Waals surface area contributed by atoms with E-state index in [9.17, 15) is 9.59 Å². The van der Waals surface area contributed by atoms with Crippen molar-refractivity contribution in [2.75, 3.05) is 0 Å². The Morgan fingerprint density at radius 2 is 2.31 bits per heavy atom. The molecule has 1 aromatic rings. The minimum absolute atomic E-state index is 0.0156. The highest BCUT2D eigenvalue weighted by atomic mass is 16.1. The van der Waals surface area contributed by atoms with E-state index >= 15 is 0 Å². The van der Waals surface area contributed by atoms with Gasteiger partial charge in [-0.15, -0.1) is 0 Å². The highest BCUT2D eigenvalue weighted by Gasteiger charge is 2.05. The van der Waals surface area contributed by atoms with Gasteiger partial charge in [-0.3, -0.25) is 4.79 Å². The smallest absolute Gasteiger partial charge is 0.222 e. The summed E-state index contributed by atoms with van der Waals surface area (Å²) >= 11 is 0. The maximum Gasteiger partial charge on any atom is 0.222 e. The summed E-state index contributed by atoms with van der Waals surface area (Å²) in [6, 6.07) is 0. The molecule has 0 aliphatic heterocycles. The van der Waals surface area contributed by atoms with Crippen molar-refractivity contribution >= 4 is 12.1 Å². The second kappa shape index (κ2) is 4.20. The molecular formula is C8H7N3O2. The molecule has 0 unspecified atom stereocenters. The van der Waals surface area contributed by atoms with Gasteiger partial charge in [0.25, 0.3) is 0 Å². The van der Waals surface area contributed by atoms with Crippen LogP contribution in [0.25, 0.3) is 0 Å². The number of hydrogen-bond acceptors (Lipinski definition) is 5. The van der Waals surface area contributed by atoms with E-state index in [-0.39, 0.29) is 23.9 Å². The zero-order valence-electron chi connectivity index (χ0n) is 6.80. The molecule has 0 spiro atoms. The standard InChI is InChI=1S/C8H7N3O2/c1-2-6(13)8-10-5-9-7(11-8)3-4-12/h2,4-5H,1,3H2. The predicted molar refractivity (Wildman–Crippen MR) is 44.1 cm³/mol. The van der Waals surface area contributed by atoms with Crippen LogP contribution < -0.4 is 0 Å². The molecule has 1 heterocycles. The number of carbonyl (C=O) groups excluding carboxylic acids is 2. The van der Waals surface area contributed by atoms with Crippen molar-refractivity contribution in [1.29, 1.82) is 0 Å². The van der Waals surface area contributed by atoms with Crippen LogP contribution in [0.15, 0.2) is 19.0 Å². The van der Waals surface area contributed by atoms with E-state index in [4.69, 9.17) is 0 Å². The third-order valence-electron chi connectivity index (χ3n) is 1.29. The second-order valence-corrected chi connectivity index (χ2v) is 2.16. The maximum absolute atomic E-state index is 11.0. The van der Waals surface area contributed by atoms with Crippen molar-refractivity contribution in [2.24, 2.45) is 0 Å². The molecule has 0 N–H and O–H groups in total. The fourth-order valence-electron chi connectivity index (χ4n) is 0.713. The molecule has 0 saturated heterocycles. The van der Waals surface area contributed by atoms with Gasteiger partial charge in [0.1, 0.15) is 18.4 Å². The predicted octanol–water partition coefficient (Wildman–Crippen LogP) is -0.0183. The van der Waals surface area contributed by atoms with E-state index in [0.29, 0.717) is 6.29 Å². The van der Waals surface area contributed by atoms with Gasteiger partial charge in [0.05, 0.1) is 6.42 Å². The molecule has 0 atom stereocenters. The molecule has 1 aromatic heterocycles. The first-order valence-corrected chi connectivity index (χ1v) is 3.56. The minimum atomic E-state index is -0.380. The van der Waals surface area contributed by atoms with Gasteiger partial charge in [0.2, 0.25) is 11.6 Å². The summed E-state index contributed by atoms with van der Waals surface area (Å²) in [5, 5.41) is 0. The van der Waals surface area contributed by atoms with Gasteiger partial charge in [-0.05, 0) is 6.08 Å². The van der Waals surface area contributed by atoms with Crippen molar-refractivity contribution in [3.8, 4) is 0 Å². The van der Waals surface area contributed by atoms with Gasteiger partial charge in [-0.1, -0.05) is 6.58 Å². The largest absolute Gasteiger partial charge is 0.303 e. The SMILES string of the molecule is C=CC(=O)c1ncnc(CC=O)n1. The summed E-state index contributed by atoms with van der Waals surface area (Å²) in [6.07, 6.45) is 3.06. The first-order chi connectivity index (χ1) is 6.27. The summed E-state index contributed by atoms with van der Waals surface area (Å²) in [5.74, 6) is -0.0772. The average Bonchev–Trinajstić information content (AvgIpc) is 2.18. The Morgan fingerprint density at radius 1 is 1.54 bits per heavy atom. The van der Waals surface area contributed by atoms with Gasteiger partial charge in [-0.2, -0.15) is 0 Å². The fourth-order valence-corrected chi connectivity index (χ4v) is 0.713. The van der Waals surface area contributed by atoms with E-state index in [2.05, 4.69) is 21.5 Å². The first-order valence-electron chi connectivity index (χ1n) is 3.56. The Hall–Kier alpha value is -1.91. The quantitative estimate of drug-likeness (QED) is 0.367. The summed E-state index contributed by atoms with van der Waals surface area (Å²) in [6.45, 7) is 3.29. The number of ketones is 1. The fraction of sp³-hybridized carbons (Fsp3) is 0.125. The zero-order chi connectivity index (χ0) is 9.68. The molecule has 66 valence electrons. The molecule has 0 aliphatic rings. The van der Waals surface area contributed by atoms with Crippen molar-refractivity contribution in [3.63, 3.8) is 0 Å². The van der Waals surface area contributed by atoms with Gasteiger partial charge >= 0.3 is 0 Å². The van der Waals surface area contributed by atoms with Crippen LogP contribution >= 0.6 is 0 Å². The van der Waals surface area contributed by atoms with Crippen molar-refractivity contribution in [1.82, 2.24) is 15.0 Å². The summed E-state index contributed by atoms with van der Waals surface area (Å²) in [7, 11) is 0. The van der Waals surface area contributed by atoms with E-state index in [1.54, 1.807) is 0 Å². The Bertz CT molecular complexity index is 349. The van der Waals surface area contributed by atoms with Crippen LogP contribution in [-0.2, 0) is 11.2 Å². The lowest BCUT2D eigenvalue weighted by Crippen LogP contribution is -2.06. The molecule has 0 saturated carbocycles. The van der Waals surface area contributed by atoms with Gasteiger partial charge in [0, 0.05) is 0 Å². The Balaban J connectivity index is 2.97. The van der Waals surface area contributed by atoms with Gasteiger partial charge in [-0.25, -0.2) is 15.0 Å². The molecule has 0 aromatic carbocycles. The third-order valence-corrected chi connectivity index (χ3v) is 1.29. The monoisotopic (exact) mass is 177 g/mol. The lowest BCUT2D eigenvalue weighted by Gasteiger charge is -1.95. The van der Waals surface area contributed by atoms with Crippen LogP contribution in [0.4, 0.5) is 0 Å². The lowest BCUT2D eigenvalue weighted by atomic mass is 10.3. The number of hydrogen-bond donors (Lipinski definition) is 0. The maximum atomic E-state index is 11.0. The van der Waals surface area contributed by atoms with E-state index in [1.807, 2.05) is 0 Å². The number of allylic oxidation sites excluding steroid dienone is 1. The summed E-state index contributed by atoms with van der Waals surface area (Å²) in [4.78, 5) is 32.2. The third kappa shape index (κ3) is 2.26. The zero-order valence-corrected chi connectivity index (χ0v) is 6.80. The molecule has 13 heavy (non-hydrogen) atoms. The molecule has 5 heteroatoms. The number of carbonyl (C=O) groups is 2. The molecular weight excluding hydrogens is 170 g/mol. The van der Waals surface area contributed by atoms with Crippen molar-refractivity contribution in [3.05, 3.63) is 30.6 Å². The number of nitrogens with zero attached hydrogens (tertiary/aromatic N) is 3. The Morgan fingerprint density at radius 3 is 2.92 bits per heavy atom. The molecule has 0 radical (unpaired) electrons. The van der Waals surface area contributed by atoms with Gasteiger partial charge < -0.3 is 4.79 Å². The van der Waals surface area contributed by atoms with Crippen LogP contribution in [0.2, 0.25) is 0 Å². The van der Waals surface area contributed by atoms with E-state index in [0.717, 1.165) is 6.08 Å². The number of rotatable bonds is 4. The Kier molecular flexibility index (Phi) is 2.97. The molecule has 0 amide bonds. The van der Waals surface area contributed by atoms with Crippen LogP contribution in [0, 0.1) is 0 Å². The lowest BCUT2D eigenvalue weighted by molar-refractivity contribution is -0.107. The van der Waals surface area contributed by atoms with Crippen LogP contribution in [0.1, 0.15) is 16.4 Å². The van der Waals surface area contributed by atoms with Crippen LogP contribution in [0.5, 0.6) is 0 Å². The first kappa shape index (κ1) is 9.18. The van der Waals surface area contributed by atoms with Crippen molar-refractivity contribution in [2.45, 2.75) is 6.42 Å². The highest BCUT2D eigenvalue weighted by Crippen LogP contribution is 1.93. The van der Waals surface area contributed by atoms with Crippen molar-refractivity contribution < 1.29 is 9.59 Å². The molecule has 0 aliphatic carbocycles. The van der Waals surface area contributed by atoms with Crippen LogP contribution in [-0.4, -0.2) is 27.0 Å². The number of aromatic nitrogens is 3. The summed E-state index contributed by atoms with van der Waals surface area (Å²) < 4.78 is 0. The molecule has 0 bridgehead atoms. The van der Waals surface area contributed by atoms with E-state index < -0.39 is 0 Å². The Labute approximate surface area is 74.5 Å². The van der Waals surface area contributed by atoms with E-state index in [1.165, 1.54) is 6.33 Å². The highest BCUT2D eigenvalue weighted by molar-refractivity contribution is 6.01. The molecule has 0 fully saturated rings. The van der Waals surface area contributed by atoms with Gasteiger partial charge in [0.15, 0.2) is 0 Å². The van der Waals surface area contributed by atoms with Crippen LogP contribution in [0.3, 0.4) is 0 Å².